The van der Waals surface area contributed by atoms with E-state index in [1.54, 1.807) is 6.07 Å². The molecule has 3 aromatic rings. The summed E-state index contributed by atoms with van der Waals surface area (Å²) < 4.78 is 0.600. The molecule has 0 saturated heterocycles. The zero-order valence-electron chi connectivity index (χ0n) is 16.6. The van der Waals surface area contributed by atoms with Crippen LogP contribution in [0.3, 0.4) is 0 Å². The Kier molecular flexibility index (Phi) is 8.65. The van der Waals surface area contributed by atoms with Gasteiger partial charge in [-0.15, -0.1) is 0 Å². The summed E-state index contributed by atoms with van der Waals surface area (Å²) in [5, 5.41) is 24.7. The van der Waals surface area contributed by atoms with Crippen LogP contribution in [0, 0.1) is 6.92 Å². The molecule has 0 amide bonds. The van der Waals surface area contributed by atoms with Crippen molar-refractivity contribution in [3.05, 3.63) is 69.1 Å². The van der Waals surface area contributed by atoms with Crippen LogP contribution in [0.2, 0.25) is 5.02 Å². The average molecular weight is 466 g/mol. The fourth-order valence-electron chi connectivity index (χ4n) is 3.20. The van der Waals surface area contributed by atoms with Crippen molar-refractivity contribution >= 4 is 44.9 Å². The molecular weight excluding hydrogens is 440 g/mol. The number of hydrogen-bond donors (Lipinski definition) is 4. The van der Waals surface area contributed by atoms with Crippen LogP contribution in [0.4, 0.5) is 0 Å². The maximum Gasteiger partial charge on any atom is 0.305 e. The predicted molar refractivity (Wildman–Crippen MR) is 128 cm³/mol. The largest absolute Gasteiger partial charge is 0.506 e. The van der Waals surface area contributed by atoms with E-state index in [0.717, 1.165) is 47.9 Å². The summed E-state index contributed by atoms with van der Waals surface area (Å²) in [4.78, 5) is 13.9. The summed E-state index contributed by atoms with van der Waals surface area (Å²) in [5.41, 5.74) is 2.20. The molecule has 1 heterocycles. The summed E-state index contributed by atoms with van der Waals surface area (Å²) >= 11 is 9.03. The molecular formula is C22H26ClN2O3S2. The van der Waals surface area contributed by atoms with Crippen molar-refractivity contribution in [2.24, 2.45) is 0 Å². The first-order valence-electron chi connectivity index (χ1n) is 9.87. The van der Waals surface area contributed by atoms with Gasteiger partial charge in [0.05, 0.1) is 10.8 Å². The number of aryl methyl sites for hydroxylation is 1. The third-order valence-corrected chi connectivity index (χ3v) is 7.36. The molecule has 0 fully saturated rings. The van der Waals surface area contributed by atoms with Crippen molar-refractivity contribution in [3.63, 3.8) is 0 Å². The Morgan fingerprint density at radius 1 is 1.27 bits per heavy atom. The molecule has 4 N–H and O–H groups in total. The topological polar surface area (TPSA) is 85.3 Å². The van der Waals surface area contributed by atoms with Crippen molar-refractivity contribution < 1.29 is 10.2 Å². The molecule has 0 aliphatic heterocycles. The molecule has 8 heteroatoms. The van der Waals surface area contributed by atoms with Crippen LogP contribution in [0.15, 0.2) is 41.2 Å². The third kappa shape index (κ3) is 6.25. The lowest BCUT2D eigenvalue weighted by Crippen LogP contribution is -2.23. The van der Waals surface area contributed by atoms with Gasteiger partial charge in [0.25, 0.3) is 0 Å². The van der Waals surface area contributed by atoms with E-state index < -0.39 is 6.10 Å². The molecule has 0 bridgehead atoms. The van der Waals surface area contributed by atoms with Crippen LogP contribution in [-0.4, -0.2) is 39.3 Å². The van der Waals surface area contributed by atoms with Crippen molar-refractivity contribution in [3.8, 4) is 5.75 Å². The number of aromatic hydroxyl groups is 1. The predicted octanol–water partition coefficient (Wildman–Crippen LogP) is 4.53. The van der Waals surface area contributed by atoms with Gasteiger partial charge in [-0.25, -0.2) is 0 Å². The van der Waals surface area contributed by atoms with E-state index in [1.165, 1.54) is 11.6 Å². The maximum atomic E-state index is 11.6. The highest BCUT2D eigenvalue weighted by atomic mass is 35.5. The highest BCUT2D eigenvalue weighted by Gasteiger charge is 2.15. The summed E-state index contributed by atoms with van der Waals surface area (Å²) in [7, 11) is 0. The molecule has 5 nitrogen and oxygen atoms in total. The van der Waals surface area contributed by atoms with Gasteiger partial charge in [-0.05, 0) is 56.2 Å². The van der Waals surface area contributed by atoms with Gasteiger partial charge >= 0.3 is 4.87 Å². The number of thiazole rings is 1. The lowest BCUT2D eigenvalue weighted by molar-refractivity contribution is 0.176. The molecule has 0 aliphatic carbocycles. The Morgan fingerprint density at radius 3 is 2.87 bits per heavy atom. The normalized spacial score (nSPS) is 13.6. The standard InChI is InChI=1S/C22H26ClN2O3S2/c1-14(7-8-15-5-2-3-6-17(15)23)29-12-4-11-24-13-19(27)16-9-10-18(26)20-21(16)30-22(28)25-20/h2-3,5-6,9-10,14,19,24,26-27H,1,4,7-8,11-13H2,(H,25,28)/t14?,19-/m1/s1. The van der Waals surface area contributed by atoms with Gasteiger partial charge in [0.2, 0.25) is 0 Å². The second-order valence-corrected chi connectivity index (χ2v) is 9.89. The van der Waals surface area contributed by atoms with Crippen molar-refractivity contribution in [1.29, 1.82) is 0 Å². The monoisotopic (exact) mass is 465 g/mol. The van der Waals surface area contributed by atoms with Gasteiger partial charge < -0.3 is 20.5 Å². The maximum absolute atomic E-state index is 11.6. The SMILES string of the molecule is [CH2]C(CCc1ccccc1Cl)SCCCNC[C@@H](O)c1ccc(O)c2[nH]c(=O)sc12. The molecule has 1 unspecified atom stereocenters. The molecule has 30 heavy (non-hydrogen) atoms. The van der Waals surface area contributed by atoms with Gasteiger partial charge in [-0.3, -0.25) is 4.79 Å². The lowest BCUT2D eigenvalue weighted by Gasteiger charge is -2.14. The lowest BCUT2D eigenvalue weighted by atomic mass is 10.1. The van der Waals surface area contributed by atoms with Crippen LogP contribution in [0.25, 0.3) is 10.2 Å². The van der Waals surface area contributed by atoms with E-state index >= 15 is 0 Å². The number of fused-ring (bicyclic) bond motifs is 1. The Bertz CT molecular complexity index is 1020. The first-order chi connectivity index (χ1) is 14.5. The highest BCUT2D eigenvalue weighted by molar-refractivity contribution is 7.99. The number of halogens is 1. The van der Waals surface area contributed by atoms with Crippen LogP contribution in [-0.2, 0) is 6.42 Å². The first-order valence-corrected chi connectivity index (χ1v) is 12.1. The zero-order chi connectivity index (χ0) is 21.5. The number of benzene rings is 2. The second-order valence-electron chi connectivity index (χ2n) is 7.09. The fourth-order valence-corrected chi connectivity index (χ4v) is 5.28. The molecule has 1 aromatic heterocycles. The Hall–Kier alpha value is -1.51. The van der Waals surface area contributed by atoms with Crippen LogP contribution in [0.5, 0.6) is 5.75 Å². The Balaban J connectivity index is 1.35. The van der Waals surface area contributed by atoms with E-state index in [4.69, 9.17) is 11.6 Å². The number of hydrogen-bond acceptors (Lipinski definition) is 6. The van der Waals surface area contributed by atoms with Crippen molar-refractivity contribution in [1.82, 2.24) is 10.3 Å². The summed E-state index contributed by atoms with van der Waals surface area (Å²) in [5.74, 6) is 1.00. The van der Waals surface area contributed by atoms with E-state index in [-0.39, 0.29) is 10.6 Å². The number of rotatable bonds is 11. The number of thioether (sulfide) groups is 1. The Labute approximate surface area is 189 Å². The second kappa shape index (κ2) is 11.2. The molecule has 2 atom stereocenters. The zero-order valence-corrected chi connectivity index (χ0v) is 19.0. The van der Waals surface area contributed by atoms with Crippen molar-refractivity contribution in [2.75, 3.05) is 18.8 Å². The minimum absolute atomic E-state index is 0.0153. The van der Waals surface area contributed by atoms with Crippen LogP contribution in [0.1, 0.15) is 30.1 Å². The number of aromatic amines is 1. The average Bonchev–Trinajstić information content (AvgIpc) is 3.12. The van der Waals surface area contributed by atoms with E-state index in [1.807, 2.05) is 30.0 Å². The number of H-pyrrole nitrogens is 1. The third-order valence-electron chi connectivity index (χ3n) is 4.83. The summed E-state index contributed by atoms with van der Waals surface area (Å²) in [6.07, 6.45) is 2.13. The van der Waals surface area contributed by atoms with Crippen LogP contribution >= 0.6 is 34.7 Å². The summed E-state index contributed by atoms with van der Waals surface area (Å²) in [6, 6.07) is 11.1. The molecule has 3 rings (SSSR count). The van der Waals surface area contributed by atoms with Gasteiger partial charge in [0.1, 0.15) is 11.3 Å². The molecule has 0 saturated carbocycles. The molecule has 2 aromatic carbocycles. The molecule has 0 spiro atoms. The number of phenolic OH excluding ortho intramolecular Hbond substituents is 1. The van der Waals surface area contributed by atoms with E-state index in [0.29, 0.717) is 27.6 Å². The Morgan fingerprint density at radius 2 is 2.07 bits per heavy atom. The quantitative estimate of drug-likeness (QED) is 0.312. The number of phenols is 1. The first kappa shape index (κ1) is 23.2. The van der Waals surface area contributed by atoms with Gasteiger partial charge in [0, 0.05) is 22.4 Å². The van der Waals surface area contributed by atoms with Gasteiger partial charge in [-0.2, -0.15) is 11.8 Å². The summed E-state index contributed by atoms with van der Waals surface area (Å²) in [6.45, 7) is 5.39. The van der Waals surface area contributed by atoms with Gasteiger partial charge in [0.15, 0.2) is 0 Å². The number of aliphatic hydroxyl groups is 1. The molecule has 1 radical (unpaired) electrons. The molecule has 161 valence electrons. The number of nitrogens with one attached hydrogen (secondary N) is 2. The van der Waals surface area contributed by atoms with E-state index in [9.17, 15) is 15.0 Å². The number of aliphatic hydroxyl groups excluding tert-OH is 1. The fraction of sp³-hybridized carbons (Fsp3) is 0.364. The van der Waals surface area contributed by atoms with E-state index in [2.05, 4.69) is 23.3 Å². The van der Waals surface area contributed by atoms with Crippen LogP contribution < -0.4 is 10.2 Å². The van der Waals surface area contributed by atoms with Gasteiger partial charge in [-0.1, -0.05) is 47.2 Å². The number of aromatic nitrogens is 1. The van der Waals surface area contributed by atoms with Crippen molar-refractivity contribution in [2.45, 2.75) is 30.6 Å². The molecule has 0 aliphatic rings. The highest BCUT2D eigenvalue weighted by Crippen LogP contribution is 2.31. The minimum atomic E-state index is -0.747. The minimum Gasteiger partial charge on any atom is -0.506 e. The smallest absolute Gasteiger partial charge is 0.305 e.